The summed E-state index contributed by atoms with van der Waals surface area (Å²) < 4.78 is 5.02. The summed E-state index contributed by atoms with van der Waals surface area (Å²) in [5.74, 6) is 7.81. The predicted octanol–water partition coefficient (Wildman–Crippen LogP) is 6.31. The molecule has 0 bridgehead atoms. The van der Waals surface area contributed by atoms with Gasteiger partial charge in [0.15, 0.2) is 0 Å². The van der Waals surface area contributed by atoms with Gasteiger partial charge in [0.1, 0.15) is 0 Å². The zero-order chi connectivity index (χ0) is 21.6. The smallest absolute Gasteiger partial charge is 0.310 e. The van der Waals surface area contributed by atoms with E-state index in [4.69, 9.17) is 4.74 Å². The zero-order valence-corrected chi connectivity index (χ0v) is 19.5. The average Bonchev–Trinajstić information content (AvgIpc) is 2.77. The molecule has 2 aromatic carbocycles. The van der Waals surface area contributed by atoms with E-state index in [-0.39, 0.29) is 11.4 Å². The molecule has 0 aliphatic carbocycles. The normalized spacial score (nSPS) is 14.4. The molecule has 0 unspecified atom stereocenters. The summed E-state index contributed by atoms with van der Waals surface area (Å²) in [6.07, 6.45) is 4.90. The van der Waals surface area contributed by atoms with Crippen molar-refractivity contribution in [2.75, 3.05) is 12.4 Å². The van der Waals surface area contributed by atoms with Gasteiger partial charge in [-0.3, -0.25) is 4.79 Å². The maximum atomic E-state index is 11.6. The first-order chi connectivity index (χ1) is 14.5. The first kappa shape index (κ1) is 22.5. The van der Waals surface area contributed by atoms with Gasteiger partial charge in [0.2, 0.25) is 0 Å². The molecule has 0 spiro atoms. The number of hydrogen-bond acceptors (Lipinski definition) is 3. The van der Waals surface area contributed by atoms with Gasteiger partial charge < -0.3 is 4.74 Å². The molecular weight excluding hydrogens is 388 g/mol. The minimum absolute atomic E-state index is 0.189. The molecular formula is C27H32O2S. The average molecular weight is 421 g/mol. The van der Waals surface area contributed by atoms with E-state index in [0.717, 1.165) is 23.1 Å². The first-order valence-electron chi connectivity index (χ1n) is 11.1. The monoisotopic (exact) mass is 420 g/mol. The van der Waals surface area contributed by atoms with E-state index < -0.39 is 0 Å². The molecule has 0 aromatic heterocycles. The van der Waals surface area contributed by atoms with Crippen molar-refractivity contribution in [3.8, 4) is 11.8 Å². The zero-order valence-electron chi connectivity index (χ0n) is 18.6. The van der Waals surface area contributed by atoms with Gasteiger partial charge in [-0.25, -0.2) is 0 Å². The van der Waals surface area contributed by atoms with Crippen LogP contribution in [-0.4, -0.2) is 18.3 Å². The van der Waals surface area contributed by atoms with Gasteiger partial charge in [0.05, 0.1) is 13.0 Å². The number of ether oxygens (including phenoxy) is 1. The van der Waals surface area contributed by atoms with Gasteiger partial charge in [-0.15, -0.1) is 11.8 Å². The topological polar surface area (TPSA) is 26.3 Å². The molecule has 1 aliphatic rings. The number of aryl methyl sites for hydroxylation is 1. The molecule has 0 radical (unpaired) electrons. The lowest BCUT2D eigenvalue weighted by Gasteiger charge is -2.38. The minimum atomic E-state index is -0.189. The van der Waals surface area contributed by atoms with E-state index in [9.17, 15) is 4.79 Å². The number of benzene rings is 2. The van der Waals surface area contributed by atoms with Crippen molar-refractivity contribution < 1.29 is 9.53 Å². The van der Waals surface area contributed by atoms with Crippen LogP contribution in [0.1, 0.15) is 74.8 Å². The highest BCUT2D eigenvalue weighted by Gasteiger charge is 2.34. The highest BCUT2D eigenvalue weighted by molar-refractivity contribution is 7.99. The van der Waals surface area contributed by atoms with E-state index >= 15 is 0 Å². The third-order valence-corrected chi connectivity index (χ3v) is 7.36. The standard InChI is InChI=1S/C27H32O2S/c1-5-22-19-25-24(27(6-2,7-3)15-16-30-25)18-23(22)14-13-20-9-11-21(12-10-20)17-26(28)29-8-4/h9-12,18-19H,5-8,15-17H2,1-4H3. The summed E-state index contributed by atoms with van der Waals surface area (Å²) in [6, 6.07) is 12.7. The Labute approximate surface area is 185 Å². The second kappa shape index (κ2) is 10.2. The van der Waals surface area contributed by atoms with Gasteiger partial charge >= 0.3 is 5.97 Å². The summed E-state index contributed by atoms with van der Waals surface area (Å²) in [7, 11) is 0. The van der Waals surface area contributed by atoms with Crippen LogP contribution in [0.4, 0.5) is 0 Å². The molecule has 0 fully saturated rings. The molecule has 1 heterocycles. The lowest BCUT2D eigenvalue weighted by molar-refractivity contribution is -0.142. The molecule has 0 amide bonds. The molecule has 2 aromatic rings. The molecule has 0 saturated carbocycles. The second-order valence-electron chi connectivity index (χ2n) is 7.87. The van der Waals surface area contributed by atoms with Gasteiger partial charge in [0.25, 0.3) is 0 Å². The number of thioether (sulfide) groups is 1. The molecule has 1 aliphatic heterocycles. The van der Waals surface area contributed by atoms with E-state index in [2.05, 4.69) is 44.7 Å². The van der Waals surface area contributed by atoms with Crippen molar-refractivity contribution in [2.45, 2.75) is 70.1 Å². The largest absolute Gasteiger partial charge is 0.466 e. The second-order valence-corrected chi connectivity index (χ2v) is 9.01. The van der Waals surface area contributed by atoms with Crippen molar-refractivity contribution in [1.29, 1.82) is 0 Å². The van der Waals surface area contributed by atoms with Gasteiger partial charge in [-0.05, 0) is 84.7 Å². The fourth-order valence-electron chi connectivity index (χ4n) is 4.26. The third-order valence-electron chi connectivity index (χ3n) is 6.30. The third kappa shape index (κ3) is 4.93. The van der Waals surface area contributed by atoms with Gasteiger partial charge in [-0.2, -0.15) is 0 Å². The lowest BCUT2D eigenvalue weighted by Crippen LogP contribution is -2.29. The van der Waals surface area contributed by atoms with Crippen LogP contribution in [0.15, 0.2) is 41.3 Å². The quantitative estimate of drug-likeness (QED) is 0.405. The van der Waals surface area contributed by atoms with E-state index in [1.165, 1.54) is 41.0 Å². The molecule has 3 heteroatoms. The Morgan fingerprint density at radius 3 is 2.43 bits per heavy atom. The Kier molecular flexibility index (Phi) is 7.67. The molecule has 0 atom stereocenters. The Bertz CT molecular complexity index is 943. The summed E-state index contributed by atoms with van der Waals surface area (Å²) in [6.45, 7) is 9.09. The van der Waals surface area contributed by atoms with Crippen LogP contribution in [0.25, 0.3) is 0 Å². The number of fused-ring (bicyclic) bond motifs is 1. The molecule has 0 saturated heterocycles. The lowest BCUT2D eigenvalue weighted by atomic mass is 9.72. The first-order valence-corrected chi connectivity index (χ1v) is 12.1. The van der Waals surface area contributed by atoms with Crippen molar-refractivity contribution in [3.63, 3.8) is 0 Å². The van der Waals surface area contributed by atoms with Gasteiger partial charge in [0, 0.05) is 16.0 Å². The van der Waals surface area contributed by atoms with E-state index in [1.807, 2.05) is 43.0 Å². The number of carbonyl (C=O) groups excluding carboxylic acids is 1. The van der Waals surface area contributed by atoms with Gasteiger partial charge in [-0.1, -0.05) is 44.7 Å². The maximum Gasteiger partial charge on any atom is 0.310 e. The Morgan fingerprint density at radius 2 is 1.80 bits per heavy atom. The molecule has 3 rings (SSSR count). The Hall–Kier alpha value is -2.18. The molecule has 30 heavy (non-hydrogen) atoms. The highest BCUT2D eigenvalue weighted by atomic mass is 32.2. The van der Waals surface area contributed by atoms with Crippen LogP contribution >= 0.6 is 11.8 Å². The van der Waals surface area contributed by atoms with Crippen LogP contribution in [0.2, 0.25) is 0 Å². The van der Waals surface area contributed by atoms with Crippen molar-refractivity contribution >= 4 is 17.7 Å². The highest BCUT2D eigenvalue weighted by Crippen LogP contribution is 2.46. The molecule has 2 nitrogen and oxygen atoms in total. The number of carbonyl (C=O) groups is 1. The maximum absolute atomic E-state index is 11.6. The van der Waals surface area contributed by atoms with E-state index in [0.29, 0.717) is 13.0 Å². The molecule has 158 valence electrons. The Morgan fingerprint density at radius 1 is 1.07 bits per heavy atom. The summed E-state index contributed by atoms with van der Waals surface area (Å²) >= 11 is 2.00. The fourth-order valence-corrected chi connectivity index (χ4v) is 5.63. The summed E-state index contributed by atoms with van der Waals surface area (Å²) in [4.78, 5) is 13.1. The van der Waals surface area contributed by atoms with Crippen LogP contribution in [0.5, 0.6) is 0 Å². The van der Waals surface area contributed by atoms with Crippen molar-refractivity contribution in [2.24, 2.45) is 0 Å². The van der Waals surface area contributed by atoms with E-state index in [1.54, 1.807) is 0 Å². The van der Waals surface area contributed by atoms with Crippen LogP contribution in [0.3, 0.4) is 0 Å². The number of hydrogen-bond donors (Lipinski definition) is 0. The number of esters is 1. The summed E-state index contributed by atoms with van der Waals surface area (Å²) in [5, 5.41) is 0. The Balaban J connectivity index is 1.89. The summed E-state index contributed by atoms with van der Waals surface area (Å²) in [5.41, 5.74) is 6.19. The van der Waals surface area contributed by atoms with Crippen molar-refractivity contribution in [3.05, 3.63) is 64.2 Å². The van der Waals surface area contributed by atoms with Crippen LogP contribution in [-0.2, 0) is 27.8 Å². The predicted molar refractivity (Wildman–Crippen MR) is 126 cm³/mol. The van der Waals surface area contributed by atoms with Crippen LogP contribution in [0, 0.1) is 11.8 Å². The number of rotatable bonds is 6. The van der Waals surface area contributed by atoms with Crippen LogP contribution < -0.4 is 0 Å². The fraction of sp³-hybridized carbons (Fsp3) is 0.444. The van der Waals surface area contributed by atoms with Crippen molar-refractivity contribution in [1.82, 2.24) is 0 Å². The SMILES string of the molecule is CCOC(=O)Cc1ccc(C#Cc2cc3c(cc2CC)SCCC3(CC)CC)cc1. The molecule has 0 N–H and O–H groups in total. The minimum Gasteiger partial charge on any atom is -0.466 e.